The van der Waals surface area contributed by atoms with Crippen LogP contribution in [0.15, 0.2) is 63.8 Å². The zero-order valence-corrected chi connectivity index (χ0v) is 18.4. The largest absolute Gasteiger partial charge is 0.478 e. The van der Waals surface area contributed by atoms with Crippen molar-refractivity contribution in [2.75, 3.05) is 0 Å². The van der Waals surface area contributed by atoms with Crippen LogP contribution in [0, 0.1) is 0 Å². The van der Waals surface area contributed by atoms with Crippen molar-refractivity contribution in [3.05, 3.63) is 77.8 Å². The van der Waals surface area contributed by atoms with Crippen LogP contribution in [-0.4, -0.2) is 27.1 Å². The molecule has 2 aromatic heterocycles. The van der Waals surface area contributed by atoms with Crippen LogP contribution in [0.1, 0.15) is 43.7 Å². The number of nitrogens with zero attached hydrogens (tertiary/aromatic N) is 2. The Labute approximate surface area is 186 Å². The van der Waals surface area contributed by atoms with Crippen molar-refractivity contribution in [1.29, 1.82) is 0 Å². The van der Waals surface area contributed by atoms with Crippen LogP contribution in [-0.2, 0) is 29.5 Å². The van der Waals surface area contributed by atoms with Gasteiger partial charge in [0.05, 0.1) is 6.20 Å². The topological polar surface area (TPSA) is 98.6 Å². The molecule has 7 heteroatoms. The van der Waals surface area contributed by atoms with Crippen LogP contribution in [0.5, 0.6) is 5.75 Å². The fraction of sp³-hybridized carbons (Fsp3) is 0.320. The molecule has 0 bridgehead atoms. The predicted octanol–water partition coefficient (Wildman–Crippen LogP) is 4.97. The SMILES string of the molecule is CC(C)(C)c1ccc(O[C@@H](Cc2ccc3oc(CCc4ncco4)nc3c2)C(=O)O)cc1. The Bertz CT molecular complexity index is 1190. The Morgan fingerprint density at radius 3 is 2.50 bits per heavy atom. The van der Waals surface area contributed by atoms with Crippen LogP contribution in [0.2, 0.25) is 0 Å². The maximum Gasteiger partial charge on any atom is 0.345 e. The fourth-order valence-electron chi connectivity index (χ4n) is 3.44. The average Bonchev–Trinajstić information content (AvgIpc) is 3.40. The number of carboxylic acid groups (broad SMARTS) is 1. The van der Waals surface area contributed by atoms with Gasteiger partial charge in [0.1, 0.15) is 17.5 Å². The number of ether oxygens (including phenoxy) is 1. The van der Waals surface area contributed by atoms with E-state index in [1.165, 1.54) is 6.26 Å². The second-order valence-corrected chi connectivity index (χ2v) is 8.76. The lowest BCUT2D eigenvalue weighted by molar-refractivity contribution is -0.145. The number of rotatable bonds is 8. The molecule has 0 amide bonds. The molecule has 1 N–H and O–H groups in total. The summed E-state index contributed by atoms with van der Waals surface area (Å²) >= 11 is 0. The molecular formula is C25H26N2O5. The van der Waals surface area contributed by atoms with Gasteiger partial charge in [0.25, 0.3) is 0 Å². The molecule has 1 atom stereocenters. The minimum Gasteiger partial charge on any atom is -0.478 e. The van der Waals surface area contributed by atoms with Gasteiger partial charge in [0, 0.05) is 19.3 Å². The van der Waals surface area contributed by atoms with E-state index in [2.05, 4.69) is 30.7 Å². The Kier molecular flexibility index (Phi) is 5.99. The van der Waals surface area contributed by atoms with Gasteiger partial charge < -0.3 is 18.7 Å². The smallest absolute Gasteiger partial charge is 0.345 e. The van der Waals surface area contributed by atoms with E-state index in [9.17, 15) is 9.90 Å². The van der Waals surface area contributed by atoms with Crippen LogP contribution in [0.3, 0.4) is 0 Å². The number of carboxylic acids is 1. The van der Waals surface area contributed by atoms with Crippen molar-refractivity contribution in [1.82, 2.24) is 9.97 Å². The third kappa shape index (κ3) is 5.17. The molecular weight excluding hydrogens is 408 g/mol. The summed E-state index contributed by atoms with van der Waals surface area (Å²) < 4.78 is 16.8. The van der Waals surface area contributed by atoms with E-state index in [4.69, 9.17) is 13.6 Å². The van der Waals surface area contributed by atoms with Crippen molar-refractivity contribution in [3.8, 4) is 5.75 Å². The lowest BCUT2D eigenvalue weighted by atomic mass is 9.87. The van der Waals surface area contributed by atoms with Crippen molar-refractivity contribution in [2.24, 2.45) is 0 Å². The number of aromatic nitrogens is 2. The number of hydrogen-bond acceptors (Lipinski definition) is 6. The molecule has 4 rings (SSSR count). The highest BCUT2D eigenvalue weighted by Gasteiger charge is 2.21. The molecule has 32 heavy (non-hydrogen) atoms. The highest BCUT2D eigenvalue weighted by atomic mass is 16.5. The second kappa shape index (κ2) is 8.86. The molecule has 0 aliphatic rings. The van der Waals surface area contributed by atoms with Gasteiger partial charge in [-0.3, -0.25) is 0 Å². The standard InChI is InChI=1S/C25H26N2O5/c1-25(2,3)17-5-7-18(8-6-17)31-21(24(28)29)15-16-4-9-20-19(14-16)27-23(32-20)11-10-22-26-12-13-30-22/h4-9,12-14,21H,10-11,15H2,1-3H3,(H,28,29)/t21-/m0/s1. The molecule has 0 radical (unpaired) electrons. The lowest BCUT2D eigenvalue weighted by Crippen LogP contribution is -2.29. The van der Waals surface area contributed by atoms with E-state index < -0.39 is 12.1 Å². The lowest BCUT2D eigenvalue weighted by Gasteiger charge is -2.20. The van der Waals surface area contributed by atoms with Gasteiger partial charge in [0.15, 0.2) is 23.5 Å². The second-order valence-electron chi connectivity index (χ2n) is 8.76. The molecule has 7 nitrogen and oxygen atoms in total. The third-order valence-corrected chi connectivity index (χ3v) is 5.23. The highest BCUT2D eigenvalue weighted by Crippen LogP contribution is 2.25. The van der Waals surface area contributed by atoms with Crippen molar-refractivity contribution >= 4 is 17.1 Å². The molecule has 0 aliphatic heterocycles. The van der Waals surface area contributed by atoms with Gasteiger partial charge in [-0.1, -0.05) is 39.0 Å². The summed E-state index contributed by atoms with van der Waals surface area (Å²) in [5.74, 6) is 0.726. The minimum atomic E-state index is -1.02. The summed E-state index contributed by atoms with van der Waals surface area (Å²) in [7, 11) is 0. The summed E-state index contributed by atoms with van der Waals surface area (Å²) in [4.78, 5) is 20.4. The number of aryl methyl sites for hydroxylation is 2. The van der Waals surface area contributed by atoms with Crippen molar-refractivity contribution < 1.29 is 23.5 Å². The summed E-state index contributed by atoms with van der Waals surface area (Å²) in [5, 5.41) is 9.68. The first-order valence-corrected chi connectivity index (χ1v) is 10.5. The van der Waals surface area contributed by atoms with Crippen molar-refractivity contribution in [2.45, 2.75) is 51.6 Å². The molecule has 0 aliphatic carbocycles. The number of carbonyl (C=O) groups is 1. The molecule has 2 heterocycles. The van der Waals surface area contributed by atoms with Crippen LogP contribution < -0.4 is 4.74 Å². The number of oxazole rings is 2. The van der Waals surface area contributed by atoms with Crippen molar-refractivity contribution in [3.63, 3.8) is 0 Å². The Hall–Kier alpha value is -3.61. The molecule has 0 unspecified atom stereocenters. The molecule has 0 fully saturated rings. The zero-order valence-electron chi connectivity index (χ0n) is 18.4. The van der Waals surface area contributed by atoms with E-state index >= 15 is 0 Å². The van der Waals surface area contributed by atoms with Gasteiger partial charge in [-0.2, -0.15) is 0 Å². The van der Waals surface area contributed by atoms with Gasteiger partial charge in [-0.15, -0.1) is 0 Å². The molecule has 0 spiro atoms. The molecule has 4 aromatic rings. The van der Waals surface area contributed by atoms with Gasteiger partial charge in [-0.25, -0.2) is 14.8 Å². The van der Waals surface area contributed by atoms with E-state index in [0.717, 1.165) is 11.1 Å². The first-order valence-electron chi connectivity index (χ1n) is 10.5. The molecule has 166 valence electrons. The summed E-state index contributed by atoms with van der Waals surface area (Å²) in [6.45, 7) is 6.38. The predicted molar refractivity (Wildman–Crippen MR) is 119 cm³/mol. The number of benzene rings is 2. The quantitative estimate of drug-likeness (QED) is 0.418. The van der Waals surface area contributed by atoms with Gasteiger partial charge in [-0.05, 0) is 40.8 Å². The van der Waals surface area contributed by atoms with Crippen LogP contribution in [0.4, 0.5) is 0 Å². The monoisotopic (exact) mass is 434 g/mol. The molecule has 2 aromatic carbocycles. The van der Waals surface area contributed by atoms with E-state index in [0.29, 0.717) is 41.5 Å². The number of fused-ring (bicyclic) bond motifs is 1. The van der Waals surface area contributed by atoms with E-state index in [1.54, 1.807) is 6.20 Å². The minimum absolute atomic E-state index is 0.0189. The molecule has 0 saturated heterocycles. The Balaban J connectivity index is 1.45. The summed E-state index contributed by atoms with van der Waals surface area (Å²) in [6.07, 6.45) is 3.50. The third-order valence-electron chi connectivity index (χ3n) is 5.23. The summed E-state index contributed by atoms with van der Waals surface area (Å²) in [5.41, 5.74) is 3.33. The zero-order chi connectivity index (χ0) is 22.7. The van der Waals surface area contributed by atoms with Gasteiger partial charge in [0.2, 0.25) is 0 Å². The van der Waals surface area contributed by atoms with Crippen LogP contribution >= 0.6 is 0 Å². The summed E-state index contributed by atoms with van der Waals surface area (Å²) in [6, 6.07) is 13.1. The number of aliphatic carboxylic acids is 1. The normalized spacial score (nSPS) is 12.7. The number of hydrogen-bond donors (Lipinski definition) is 1. The van der Waals surface area contributed by atoms with Gasteiger partial charge >= 0.3 is 5.97 Å². The first-order chi connectivity index (χ1) is 15.3. The van der Waals surface area contributed by atoms with E-state index in [1.807, 2.05) is 42.5 Å². The Morgan fingerprint density at radius 1 is 1.09 bits per heavy atom. The fourth-order valence-corrected chi connectivity index (χ4v) is 3.44. The molecule has 0 saturated carbocycles. The van der Waals surface area contributed by atoms with Crippen LogP contribution in [0.25, 0.3) is 11.1 Å². The average molecular weight is 434 g/mol. The maximum absolute atomic E-state index is 11.8. The maximum atomic E-state index is 11.8. The Morgan fingerprint density at radius 2 is 1.84 bits per heavy atom. The first kappa shape index (κ1) is 21.6. The van der Waals surface area contributed by atoms with E-state index in [-0.39, 0.29) is 11.8 Å². The highest BCUT2D eigenvalue weighted by molar-refractivity contribution is 5.75.